The fraction of sp³-hybridized carbons (Fsp3) is 0.800. The molecule has 0 aliphatic heterocycles. The molecule has 4 nitrogen and oxygen atoms in total. The predicted molar refractivity (Wildman–Crippen MR) is 78.6 cm³/mol. The number of hydrogen-bond acceptors (Lipinski definition) is 3. The summed E-state index contributed by atoms with van der Waals surface area (Å²) in [4.78, 5) is 6.89. The van der Waals surface area contributed by atoms with Crippen LogP contribution >= 0.6 is 0 Å². The van der Waals surface area contributed by atoms with E-state index in [9.17, 15) is 0 Å². The van der Waals surface area contributed by atoms with Crippen LogP contribution in [0, 0.1) is 11.8 Å². The summed E-state index contributed by atoms with van der Waals surface area (Å²) in [5.41, 5.74) is 5.97. The van der Waals surface area contributed by atoms with Crippen LogP contribution in [-0.4, -0.2) is 34.1 Å². The highest BCUT2D eigenvalue weighted by Gasteiger charge is 2.31. The quantitative estimate of drug-likeness (QED) is 0.885. The molecule has 3 unspecified atom stereocenters. The lowest BCUT2D eigenvalue weighted by atomic mass is 9.76. The lowest BCUT2D eigenvalue weighted by molar-refractivity contribution is 0.0939. The summed E-state index contributed by atoms with van der Waals surface area (Å²) in [7, 11) is 4.28. The molecule has 1 aliphatic rings. The second-order valence-electron chi connectivity index (χ2n) is 6.02. The Bertz CT molecular complexity index is 387. The van der Waals surface area contributed by atoms with Crippen LogP contribution in [0.2, 0.25) is 0 Å². The molecule has 108 valence electrons. The van der Waals surface area contributed by atoms with Crippen LogP contribution in [0.15, 0.2) is 12.4 Å². The Kier molecular flexibility index (Phi) is 4.99. The normalized spacial score (nSPS) is 27.9. The number of nitrogens with zero attached hydrogens (tertiary/aromatic N) is 3. The molecule has 3 atom stereocenters. The number of aryl methyl sites for hydroxylation is 1. The van der Waals surface area contributed by atoms with Gasteiger partial charge in [0, 0.05) is 25.5 Å². The summed E-state index contributed by atoms with van der Waals surface area (Å²) < 4.78 is 2.11. The molecule has 1 heterocycles. The van der Waals surface area contributed by atoms with Gasteiger partial charge in [0.05, 0.1) is 6.54 Å². The van der Waals surface area contributed by atoms with Gasteiger partial charge in [-0.25, -0.2) is 4.98 Å². The average Bonchev–Trinajstić information content (AvgIpc) is 2.83. The second-order valence-corrected chi connectivity index (χ2v) is 6.02. The Hall–Kier alpha value is -0.870. The lowest BCUT2D eigenvalue weighted by Crippen LogP contribution is -2.45. The van der Waals surface area contributed by atoms with Crippen LogP contribution < -0.4 is 5.73 Å². The van der Waals surface area contributed by atoms with Gasteiger partial charge in [-0.15, -0.1) is 0 Å². The molecule has 0 saturated heterocycles. The summed E-state index contributed by atoms with van der Waals surface area (Å²) in [6.45, 7) is 4.04. The van der Waals surface area contributed by atoms with Gasteiger partial charge in [0.1, 0.15) is 5.82 Å². The zero-order chi connectivity index (χ0) is 13.8. The van der Waals surface area contributed by atoms with Crippen LogP contribution in [0.5, 0.6) is 0 Å². The highest BCUT2D eigenvalue weighted by Crippen LogP contribution is 2.33. The number of hydrogen-bond donors (Lipinski definition) is 1. The molecular weight excluding hydrogens is 236 g/mol. The number of nitrogens with two attached hydrogens (primary N) is 1. The van der Waals surface area contributed by atoms with Crippen molar-refractivity contribution in [2.24, 2.45) is 24.6 Å². The van der Waals surface area contributed by atoms with E-state index in [-0.39, 0.29) is 0 Å². The van der Waals surface area contributed by atoms with Gasteiger partial charge in [-0.3, -0.25) is 4.90 Å². The van der Waals surface area contributed by atoms with E-state index >= 15 is 0 Å². The molecular formula is C15H28N4. The van der Waals surface area contributed by atoms with E-state index in [1.807, 2.05) is 12.4 Å². The third-order valence-electron chi connectivity index (χ3n) is 4.82. The minimum Gasteiger partial charge on any atom is -0.337 e. The van der Waals surface area contributed by atoms with Gasteiger partial charge in [0.15, 0.2) is 0 Å². The van der Waals surface area contributed by atoms with Crippen molar-refractivity contribution in [1.29, 1.82) is 0 Å². The zero-order valence-electron chi connectivity index (χ0n) is 12.5. The Morgan fingerprint density at radius 3 is 2.84 bits per heavy atom. The Balaban J connectivity index is 2.02. The van der Waals surface area contributed by atoms with Gasteiger partial charge in [-0.1, -0.05) is 19.8 Å². The minimum absolute atomic E-state index is 0.611. The van der Waals surface area contributed by atoms with Gasteiger partial charge in [0.25, 0.3) is 0 Å². The van der Waals surface area contributed by atoms with Crippen LogP contribution in [0.1, 0.15) is 38.4 Å². The fourth-order valence-corrected chi connectivity index (χ4v) is 3.37. The zero-order valence-corrected chi connectivity index (χ0v) is 12.5. The standard InChI is InChI=1S/C15H28N4/c1-4-12-5-6-13(10-16)14(9-12)19(3)11-15-17-7-8-18(15)2/h7-8,12-14H,4-6,9-11,16H2,1-3H3. The highest BCUT2D eigenvalue weighted by molar-refractivity contribution is 4.93. The molecule has 0 bridgehead atoms. The van der Waals surface area contributed by atoms with Crippen molar-refractivity contribution in [3.8, 4) is 0 Å². The molecule has 4 heteroatoms. The lowest BCUT2D eigenvalue weighted by Gasteiger charge is -2.40. The maximum Gasteiger partial charge on any atom is 0.122 e. The first-order valence-corrected chi connectivity index (χ1v) is 7.52. The van der Waals surface area contributed by atoms with E-state index in [1.54, 1.807) is 0 Å². The van der Waals surface area contributed by atoms with E-state index in [1.165, 1.54) is 25.7 Å². The first kappa shape index (κ1) is 14.5. The van der Waals surface area contributed by atoms with Gasteiger partial charge >= 0.3 is 0 Å². The van der Waals surface area contributed by atoms with Gasteiger partial charge in [-0.05, 0) is 38.3 Å². The third-order valence-corrected chi connectivity index (χ3v) is 4.82. The molecule has 0 spiro atoms. The van der Waals surface area contributed by atoms with Crippen molar-refractivity contribution < 1.29 is 0 Å². The monoisotopic (exact) mass is 264 g/mol. The van der Waals surface area contributed by atoms with E-state index in [0.29, 0.717) is 12.0 Å². The van der Waals surface area contributed by atoms with E-state index in [4.69, 9.17) is 5.73 Å². The van der Waals surface area contributed by atoms with Crippen LogP contribution in [0.25, 0.3) is 0 Å². The Morgan fingerprint density at radius 2 is 2.26 bits per heavy atom. The van der Waals surface area contributed by atoms with Crippen molar-refractivity contribution in [2.45, 2.75) is 45.2 Å². The summed E-state index contributed by atoms with van der Waals surface area (Å²) >= 11 is 0. The number of rotatable bonds is 5. The Morgan fingerprint density at radius 1 is 1.47 bits per heavy atom. The molecule has 2 N–H and O–H groups in total. The molecule has 2 rings (SSSR count). The molecule has 0 amide bonds. The van der Waals surface area contributed by atoms with Crippen molar-refractivity contribution in [2.75, 3.05) is 13.6 Å². The summed E-state index contributed by atoms with van der Waals surface area (Å²) in [6, 6.07) is 0.611. The Labute approximate surface area is 117 Å². The van der Waals surface area contributed by atoms with Crippen molar-refractivity contribution in [3.05, 3.63) is 18.2 Å². The number of aromatic nitrogens is 2. The predicted octanol–water partition coefficient (Wildman–Crippen LogP) is 2.01. The molecule has 1 fully saturated rings. The molecule has 0 radical (unpaired) electrons. The molecule has 1 aliphatic carbocycles. The highest BCUT2D eigenvalue weighted by atomic mass is 15.2. The maximum absolute atomic E-state index is 5.97. The second kappa shape index (κ2) is 6.53. The topological polar surface area (TPSA) is 47.1 Å². The van der Waals surface area contributed by atoms with E-state index in [2.05, 4.69) is 35.5 Å². The van der Waals surface area contributed by atoms with Crippen molar-refractivity contribution in [3.63, 3.8) is 0 Å². The van der Waals surface area contributed by atoms with Crippen LogP contribution in [-0.2, 0) is 13.6 Å². The van der Waals surface area contributed by atoms with Gasteiger partial charge in [-0.2, -0.15) is 0 Å². The van der Waals surface area contributed by atoms with Crippen LogP contribution in [0.4, 0.5) is 0 Å². The molecule has 0 aromatic carbocycles. The fourth-order valence-electron chi connectivity index (χ4n) is 3.37. The van der Waals surface area contributed by atoms with E-state index in [0.717, 1.165) is 24.8 Å². The third kappa shape index (κ3) is 3.37. The molecule has 1 aromatic rings. The largest absolute Gasteiger partial charge is 0.337 e. The van der Waals surface area contributed by atoms with Crippen LogP contribution in [0.3, 0.4) is 0 Å². The summed E-state index contributed by atoms with van der Waals surface area (Å²) in [6.07, 6.45) is 9.11. The molecule has 1 aromatic heterocycles. The van der Waals surface area contributed by atoms with Crippen molar-refractivity contribution >= 4 is 0 Å². The van der Waals surface area contributed by atoms with Gasteiger partial charge in [0.2, 0.25) is 0 Å². The SMILES string of the molecule is CCC1CCC(CN)C(N(C)Cc2nccn2C)C1. The smallest absolute Gasteiger partial charge is 0.122 e. The van der Waals surface area contributed by atoms with Crippen molar-refractivity contribution in [1.82, 2.24) is 14.5 Å². The van der Waals surface area contributed by atoms with E-state index < -0.39 is 0 Å². The van der Waals surface area contributed by atoms with Gasteiger partial charge < -0.3 is 10.3 Å². The minimum atomic E-state index is 0.611. The first-order chi connectivity index (χ1) is 9.15. The summed E-state index contributed by atoms with van der Waals surface area (Å²) in [5.74, 6) is 2.65. The summed E-state index contributed by atoms with van der Waals surface area (Å²) in [5, 5.41) is 0. The average molecular weight is 264 g/mol. The molecule has 1 saturated carbocycles. The maximum atomic E-state index is 5.97. The first-order valence-electron chi connectivity index (χ1n) is 7.52. The molecule has 19 heavy (non-hydrogen) atoms. The number of imidazole rings is 1.